The zero-order valence-corrected chi connectivity index (χ0v) is 15.2. The summed E-state index contributed by atoms with van der Waals surface area (Å²) in [5, 5.41) is 2.87. The number of benzene rings is 1. The summed E-state index contributed by atoms with van der Waals surface area (Å²) in [6.07, 6.45) is -4.69. The Labute approximate surface area is 158 Å². The Balaban J connectivity index is 1.87. The van der Waals surface area contributed by atoms with E-state index in [1.54, 1.807) is 6.92 Å². The molecule has 11 heteroatoms. The highest BCUT2D eigenvalue weighted by atomic mass is 32.2. The van der Waals surface area contributed by atoms with Gasteiger partial charge in [0, 0.05) is 16.0 Å². The molecule has 1 atom stereocenters. The standard InChI is InChI=1S/C16H12F6N2OS2/c1-2-26-12-5-8(15(17,18)19)7-23-13(12)14-24-10-6-9(27-16(20,21)22)3-4-11(10)25-14/h3-7,14,24H,2H2,1H3. The topological polar surface area (TPSA) is 34.2 Å². The SMILES string of the molecule is CCSc1cc(C(F)(F)F)cnc1C1Nc2cc(SC(F)(F)F)ccc2O1. The molecule has 1 unspecified atom stereocenters. The molecule has 2 aromatic rings. The monoisotopic (exact) mass is 426 g/mol. The number of nitrogens with zero attached hydrogens (tertiary/aromatic N) is 1. The molecule has 0 bridgehead atoms. The number of pyridine rings is 1. The Morgan fingerprint density at radius 3 is 2.52 bits per heavy atom. The number of rotatable bonds is 4. The maximum Gasteiger partial charge on any atom is 0.446 e. The van der Waals surface area contributed by atoms with Gasteiger partial charge in [0.1, 0.15) is 11.4 Å². The van der Waals surface area contributed by atoms with Gasteiger partial charge >= 0.3 is 11.7 Å². The average Bonchev–Trinajstić information content (AvgIpc) is 2.95. The number of hydrogen-bond acceptors (Lipinski definition) is 5. The van der Waals surface area contributed by atoms with E-state index in [4.69, 9.17) is 4.74 Å². The van der Waals surface area contributed by atoms with E-state index < -0.39 is 23.5 Å². The average molecular weight is 426 g/mol. The van der Waals surface area contributed by atoms with Gasteiger partial charge in [0.25, 0.3) is 0 Å². The molecule has 1 aromatic carbocycles. The van der Waals surface area contributed by atoms with Crippen LogP contribution in [0.2, 0.25) is 0 Å². The first-order chi connectivity index (χ1) is 12.6. The lowest BCUT2D eigenvalue weighted by Crippen LogP contribution is -2.15. The number of fused-ring (bicyclic) bond motifs is 1. The van der Waals surface area contributed by atoms with Crippen LogP contribution < -0.4 is 10.1 Å². The molecule has 1 aromatic heterocycles. The van der Waals surface area contributed by atoms with Crippen LogP contribution >= 0.6 is 23.5 Å². The summed E-state index contributed by atoms with van der Waals surface area (Å²) in [6, 6.07) is 4.93. The summed E-state index contributed by atoms with van der Waals surface area (Å²) >= 11 is 0.913. The van der Waals surface area contributed by atoms with Crippen LogP contribution in [0, 0.1) is 0 Å². The molecule has 3 nitrogen and oxygen atoms in total. The van der Waals surface area contributed by atoms with Crippen LogP contribution in [0.4, 0.5) is 32.0 Å². The third-order valence-electron chi connectivity index (χ3n) is 3.47. The second kappa shape index (κ2) is 7.34. The van der Waals surface area contributed by atoms with Gasteiger partial charge in [-0.1, -0.05) is 6.92 Å². The number of alkyl halides is 6. The predicted octanol–water partition coefficient (Wildman–Crippen LogP) is 6.33. The number of ether oxygens (including phenoxy) is 1. The van der Waals surface area contributed by atoms with Crippen molar-refractivity contribution in [2.24, 2.45) is 0 Å². The molecule has 1 N–H and O–H groups in total. The van der Waals surface area contributed by atoms with E-state index in [1.807, 2.05) is 0 Å². The van der Waals surface area contributed by atoms with E-state index in [9.17, 15) is 26.3 Å². The minimum absolute atomic E-state index is 0.0264. The van der Waals surface area contributed by atoms with Crippen LogP contribution in [0.1, 0.15) is 24.4 Å². The number of hydrogen-bond donors (Lipinski definition) is 1. The lowest BCUT2D eigenvalue weighted by molar-refractivity contribution is -0.138. The highest BCUT2D eigenvalue weighted by Gasteiger charge is 2.34. The molecule has 0 spiro atoms. The van der Waals surface area contributed by atoms with Crippen LogP contribution in [-0.4, -0.2) is 16.2 Å². The fourth-order valence-corrected chi connectivity index (χ4v) is 3.83. The Morgan fingerprint density at radius 2 is 1.89 bits per heavy atom. The second-order valence-corrected chi connectivity index (χ2v) is 7.83. The van der Waals surface area contributed by atoms with Crippen molar-refractivity contribution in [1.29, 1.82) is 0 Å². The van der Waals surface area contributed by atoms with Crippen LogP contribution in [0.3, 0.4) is 0 Å². The Morgan fingerprint density at radius 1 is 1.15 bits per heavy atom. The lowest BCUT2D eigenvalue weighted by Gasteiger charge is -2.16. The number of thioether (sulfide) groups is 2. The second-order valence-electron chi connectivity index (χ2n) is 5.39. The van der Waals surface area contributed by atoms with E-state index in [-0.39, 0.29) is 22.4 Å². The quantitative estimate of drug-likeness (QED) is 0.457. The highest BCUT2D eigenvalue weighted by molar-refractivity contribution is 8.00. The Bertz CT molecular complexity index is 841. The summed E-state index contributed by atoms with van der Waals surface area (Å²) in [4.78, 5) is 4.16. The van der Waals surface area contributed by atoms with Gasteiger partial charge in [-0.2, -0.15) is 26.3 Å². The van der Waals surface area contributed by atoms with E-state index >= 15 is 0 Å². The molecular weight excluding hydrogens is 414 g/mol. The van der Waals surface area contributed by atoms with Gasteiger partial charge in [-0.3, -0.25) is 4.98 Å². The molecule has 1 aliphatic heterocycles. The molecular formula is C16H12F6N2OS2. The van der Waals surface area contributed by atoms with Crippen molar-refractivity contribution in [3.63, 3.8) is 0 Å². The normalized spacial score (nSPS) is 16.6. The fraction of sp³-hybridized carbons (Fsp3) is 0.312. The maximum absolute atomic E-state index is 12.9. The van der Waals surface area contributed by atoms with Crippen LogP contribution in [0.15, 0.2) is 40.3 Å². The van der Waals surface area contributed by atoms with Crippen molar-refractivity contribution in [1.82, 2.24) is 4.98 Å². The number of anilines is 1. The van der Waals surface area contributed by atoms with Gasteiger partial charge in [-0.15, -0.1) is 11.8 Å². The maximum atomic E-state index is 12.9. The molecule has 146 valence electrons. The summed E-state index contributed by atoms with van der Waals surface area (Å²) in [7, 11) is 0. The van der Waals surface area contributed by atoms with Gasteiger partial charge in [0.05, 0.1) is 11.3 Å². The molecule has 0 saturated carbocycles. The molecule has 0 radical (unpaired) electrons. The molecule has 2 heterocycles. The first-order valence-electron chi connectivity index (χ1n) is 7.60. The lowest BCUT2D eigenvalue weighted by atomic mass is 10.2. The molecule has 0 fully saturated rings. The fourth-order valence-electron chi connectivity index (χ4n) is 2.42. The highest BCUT2D eigenvalue weighted by Crippen LogP contribution is 2.45. The van der Waals surface area contributed by atoms with Gasteiger partial charge < -0.3 is 10.1 Å². The van der Waals surface area contributed by atoms with E-state index in [0.717, 1.165) is 6.07 Å². The van der Waals surface area contributed by atoms with Crippen molar-refractivity contribution in [2.45, 2.75) is 34.6 Å². The first kappa shape index (κ1) is 20.0. The summed E-state index contributed by atoms with van der Waals surface area (Å²) < 4.78 is 81.9. The molecule has 27 heavy (non-hydrogen) atoms. The molecule has 1 aliphatic rings. The van der Waals surface area contributed by atoms with Crippen LogP contribution in [0.5, 0.6) is 5.75 Å². The molecule has 0 aliphatic carbocycles. The smallest absolute Gasteiger partial charge is 0.446 e. The third-order valence-corrected chi connectivity index (χ3v) is 5.12. The van der Waals surface area contributed by atoms with Gasteiger partial charge in [-0.25, -0.2) is 0 Å². The van der Waals surface area contributed by atoms with Gasteiger partial charge in [-0.05, 0) is 41.8 Å². The zero-order valence-electron chi connectivity index (χ0n) is 13.6. The largest absolute Gasteiger partial charge is 0.463 e. The third kappa shape index (κ3) is 4.75. The minimum Gasteiger partial charge on any atom is -0.463 e. The summed E-state index contributed by atoms with van der Waals surface area (Å²) in [5.41, 5.74) is -4.73. The summed E-state index contributed by atoms with van der Waals surface area (Å²) in [5.74, 6) is 0.822. The Kier molecular flexibility index (Phi) is 5.44. The van der Waals surface area contributed by atoms with Crippen molar-refractivity contribution in [3.05, 3.63) is 41.7 Å². The van der Waals surface area contributed by atoms with E-state index in [0.29, 0.717) is 28.3 Å². The zero-order chi connectivity index (χ0) is 19.8. The number of halogens is 6. The van der Waals surface area contributed by atoms with Crippen molar-refractivity contribution in [2.75, 3.05) is 11.1 Å². The van der Waals surface area contributed by atoms with Crippen LogP contribution in [0.25, 0.3) is 0 Å². The number of aromatic nitrogens is 1. The van der Waals surface area contributed by atoms with E-state index in [2.05, 4.69) is 10.3 Å². The Hall–Kier alpha value is -1.75. The molecule has 0 amide bonds. The molecule has 3 rings (SSSR count). The van der Waals surface area contributed by atoms with Gasteiger partial charge in [0.2, 0.25) is 6.23 Å². The number of nitrogens with one attached hydrogen (secondary N) is 1. The van der Waals surface area contributed by atoms with Crippen molar-refractivity contribution >= 4 is 29.2 Å². The van der Waals surface area contributed by atoms with E-state index in [1.165, 1.54) is 30.0 Å². The van der Waals surface area contributed by atoms with Crippen LogP contribution in [-0.2, 0) is 6.18 Å². The molecule has 0 saturated heterocycles. The van der Waals surface area contributed by atoms with Crippen molar-refractivity contribution in [3.8, 4) is 5.75 Å². The first-order valence-corrected chi connectivity index (χ1v) is 9.40. The predicted molar refractivity (Wildman–Crippen MR) is 91.0 cm³/mol. The summed E-state index contributed by atoms with van der Waals surface area (Å²) in [6.45, 7) is 1.78. The minimum atomic E-state index is -4.52. The van der Waals surface area contributed by atoms with Crippen molar-refractivity contribution < 1.29 is 31.1 Å². The van der Waals surface area contributed by atoms with Gasteiger partial charge in [0.15, 0.2) is 0 Å².